The van der Waals surface area contributed by atoms with Crippen LogP contribution in [0.5, 0.6) is 0 Å². The van der Waals surface area contributed by atoms with Gasteiger partial charge in [0.2, 0.25) is 0 Å². The molecule has 1 heterocycles. The van der Waals surface area contributed by atoms with Crippen LogP contribution in [0.25, 0.3) is 0 Å². The molecule has 1 fully saturated rings. The molecule has 0 bridgehead atoms. The van der Waals surface area contributed by atoms with Crippen molar-refractivity contribution < 1.29 is 4.74 Å². The van der Waals surface area contributed by atoms with Gasteiger partial charge in [0.05, 0.1) is 12.7 Å². The lowest BCUT2D eigenvalue weighted by molar-refractivity contribution is 0.323. The number of hydrogen-bond acceptors (Lipinski definition) is 2. The summed E-state index contributed by atoms with van der Waals surface area (Å²) >= 11 is 0. The van der Waals surface area contributed by atoms with E-state index in [-0.39, 0.29) is 7.43 Å². The van der Waals surface area contributed by atoms with E-state index in [2.05, 4.69) is 19.0 Å². The molecule has 1 saturated heterocycles. The Kier molecular flexibility index (Phi) is 3.02. The Morgan fingerprint density at radius 3 is 2.25 bits per heavy atom. The number of rotatable bonds is 2. The highest BCUT2D eigenvalue weighted by Gasteiger charge is 2.22. The maximum Gasteiger partial charge on any atom is 0.0936 e. The van der Waals surface area contributed by atoms with Crippen LogP contribution in [-0.2, 0) is 4.74 Å². The molecule has 0 aliphatic carbocycles. The minimum atomic E-state index is 0. The average molecular weight is 117 g/mol. The Balaban J connectivity index is 0.000000490. The van der Waals surface area contributed by atoms with E-state index < -0.39 is 0 Å². The Hall–Kier alpha value is -0.0800. The van der Waals surface area contributed by atoms with Gasteiger partial charge in [0.1, 0.15) is 0 Å². The lowest BCUT2D eigenvalue weighted by Gasteiger charge is -2.03. The summed E-state index contributed by atoms with van der Waals surface area (Å²) < 4.78 is 4.98. The van der Waals surface area contributed by atoms with Crippen molar-refractivity contribution in [2.24, 2.45) is 0 Å². The highest BCUT2D eigenvalue weighted by Crippen LogP contribution is 2.07. The molecule has 0 aromatic carbocycles. The first-order valence-electron chi connectivity index (χ1n) is 2.55. The third kappa shape index (κ3) is 2.99. The van der Waals surface area contributed by atoms with Crippen molar-refractivity contribution >= 4 is 0 Å². The van der Waals surface area contributed by atoms with Gasteiger partial charge in [-0.15, -0.1) is 0 Å². The molecule has 1 unspecified atom stereocenters. The van der Waals surface area contributed by atoms with Crippen LogP contribution in [-0.4, -0.2) is 38.3 Å². The van der Waals surface area contributed by atoms with Crippen molar-refractivity contribution in [1.82, 2.24) is 4.90 Å². The number of nitrogens with zero attached hydrogens (tertiary/aromatic N) is 1. The summed E-state index contributed by atoms with van der Waals surface area (Å²) in [6.45, 7) is 2.05. The SMILES string of the molecule is C.CN(C)CC1CO1. The monoisotopic (exact) mass is 117 g/mol. The molecular weight excluding hydrogens is 102 g/mol. The number of epoxide rings is 1. The van der Waals surface area contributed by atoms with Crippen LogP contribution in [0, 0.1) is 0 Å². The Bertz CT molecular complexity index is 59.5. The van der Waals surface area contributed by atoms with Gasteiger partial charge in [0.25, 0.3) is 0 Å². The maximum atomic E-state index is 4.98. The predicted molar refractivity (Wildman–Crippen MR) is 35.0 cm³/mol. The molecule has 0 aromatic rings. The van der Waals surface area contributed by atoms with Gasteiger partial charge in [-0.25, -0.2) is 0 Å². The zero-order chi connectivity index (χ0) is 5.28. The van der Waals surface area contributed by atoms with Crippen LogP contribution >= 0.6 is 0 Å². The second-order valence-electron chi connectivity index (χ2n) is 2.22. The van der Waals surface area contributed by atoms with Crippen LogP contribution in [0.4, 0.5) is 0 Å². The number of hydrogen-bond donors (Lipinski definition) is 0. The lowest BCUT2D eigenvalue weighted by atomic mass is 10.5. The first-order chi connectivity index (χ1) is 3.29. The van der Waals surface area contributed by atoms with Crippen LogP contribution in [0.1, 0.15) is 7.43 Å². The number of ether oxygens (including phenoxy) is 1. The molecule has 1 aliphatic heterocycles. The summed E-state index contributed by atoms with van der Waals surface area (Å²) in [4.78, 5) is 2.14. The fourth-order valence-corrected chi connectivity index (χ4v) is 0.581. The van der Waals surface area contributed by atoms with Crippen LogP contribution in [0.2, 0.25) is 0 Å². The van der Waals surface area contributed by atoms with Gasteiger partial charge < -0.3 is 9.64 Å². The van der Waals surface area contributed by atoms with E-state index in [9.17, 15) is 0 Å². The fraction of sp³-hybridized carbons (Fsp3) is 1.00. The predicted octanol–water partition coefficient (Wildman–Crippen LogP) is 0.583. The highest BCUT2D eigenvalue weighted by atomic mass is 16.6. The van der Waals surface area contributed by atoms with E-state index >= 15 is 0 Å². The van der Waals surface area contributed by atoms with E-state index in [1.165, 1.54) is 0 Å². The molecule has 2 heteroatoms. The lowest BCUT2D eigenvalue weighted by Crippen LogP contribution is -2.17. The van der Waals surface area contributed by atoms with Crippen LogP contribution in [0.3, 0.4) is 0 Å². The normalized spacial score (nSPS) is 25.1. The summed E-state index contributed by atoms with van der Waals surface area (Å²) in [6, 6.07) is 0. The third-order valence-corrected chi connectivity index (χ3v) is 0.971. The van der Waals surface area contributed by atoms with Crippen molar-refractivity contribution in [3.63, 3.8) is 0 Å². The zero-order valence-corrected chi connectivity index (χ0v) is 4.85. The molecule has 50 valence electrons. The third-order valence-electron chi connectivity index (χ3n) is 0.971. The van der Waals surface area contributed by atoms with E-state index in [4.69, 9.17) is 4.74 Å². The van der Waals surface area contributed by atoms with E-state index in [1.807, 2.05) is 0 Å². The topological polar surface area (TPSA) is 15.8 Å². The Morgan fingerprint density at radius 1 is 1.62 bits per heavy atom. The van der Waals surface area contributed by atoms with Crippen molar-refractivity contribution in [2.45, 2.75) is 13.5 Å². The highest BCUT2D eigenvalue weighted by molar-refractivity contribution is 4.70. The number of likely N-dealkylation sites (N-methyl/N-ethyl adjacent to an activating group) is 1. The molecule has 0 N–H and O–H groups in total. The molecule has 0 saturated carbocycles. The smallest absolute Gasteiger partial charge is 0.0936 e. The maximum absolute atomic E-state index is 4.98. The molecule has 1 aliphatic rings. The van der Waals surface area contributed by atoms with Gasteiger partial charge in [0.15, 0.2) is 0 Å². The van der Waals surface area contributed by atoms with E-state index in [0.29, 0.717) is 6.10 Å². The van der Waals surface area contributed by atoms with Crippen LogP contribution < -0.4 is 0 Å². The zero-order valence-electron chi connectivity index (χ0n) is 4.85. The Morgan fingerprint density at radius 2 is 2.12 bits per heavy atom. The van der Waals surface area contributed by atoms with Crippen LogP contribution in [0.15, 0.2) is 0 Å². The van der Waals surface area contributed by atoms with Crippen molar-refractivity contribution in [3.05, 3.63) is 0 Å². The molecule has 0 aromatic heterocycles. The molecule has 8 heavy (non-hydrogen) atoms. The molecule has 1 rings (SSSR count). The van der Waals surface area contributed by atoms with Crippen molar-refractivity contribution in [3.8, 4) is 0 Å². The van der Waals surface area contributed by atoms with Gasteiger partial charge in [0, 0.05) is 6.54 Å². The average Bonchev–Trinajstić information content (AvgIpc) is 2.17. The summed E-state index contributed by atoms with van der Waals surface area (Å²) in [7, 11) is 4.11. The summed E-state index contributed by atoms with van der Waals surface area (Å²) in [6.07, 6.45) is 0.551. The summed E-state index contributed by atoms with van der Waals surface area (Å²) in [5.74, 6) is 0. The van der Waals surface area contributed by atoms with Crippen molar-refractivity contribution in [2.75, 3.05) is 27.2 Å². The standard InChI is InChI=1S/C5H11NO.CH4/c1-6(2)3-5-4-7-5;/h5H,3-4H2,1-2H3;1H4. The first-order valence-corrected chi connectivity index (χ1v) is 2.55. The van der Waals surface area contributed by atoms with Crippen molar-refractivity contribution in [1.29, 1.82) is 0 Å². The van der Waals surface area contributed by atoms with Gasteiger partial charge in [-0.1, -0.05) is 7.43 Å². The molecule has 0 radical (unpaired) electrons. The molecular formula is C6H15NO. The second-order valence-corrected chi connectivity index (χ2v) is 2.22. The fourth-order valence-electron chi connectivity index (χ4n) is 0.581. The minimum Gasteiger partial charge on any atom is -0.372 e. The molecule has 0 spiro atoms. The van der Waals surface area contributed by atoms with Gasteiger partial charge in [-0.05, 0) is 14.1 Å². The molecule has 2 nitrogen and oxygen atoms in total. The summed E-state index contributed by atoms with van der Waals surface area (Å²) in [5.41, 5.74) is 0. The summed E-state index contributed by atoms with van der Waals surface area (Å²) in [5, 5.41) is 0. The Labute approximate surface area is 51.4 Å². The molecule has 1 atom stereocenters. The minimum absolute atomic E-state index is 0. The van der Waals surface area contributed by atoms with Gasteiger partial charge in [-0.3, -0.25) is 0 Å². The van der Waals surface area contributed by atoms with Gasteiger partial charge in [-0.2, -0.15) is 0 Å². The molecule has 0 amide bonds. The van der Waals surface area contributed by atoms with Gasteiger partial charge >= 0.3 is 0 Å². The quantitative estimate of drug-likeness (QED) is 0.492. The van der Waals surface area contributed by atoms with E-state index in [1.54, 1.807) is 0 Å². The second kappa shape index (κ2) is 3.05. The van der Waals surface area contributed by atoms with E-state index in [0.717, 1.165) is 13.2 Å². The first kappa shape index (κ1) is 7.92. The largest absolute Gasteiger partial charge is 0.372 e.